The van der Waals surface area contributed by atoms with Crippen molar-refractivity contribution in [2.24, 2.45) is 5.92 Å². The van der Waals surface area contributed by atoms with Crippen LogP contribution in [0.15, 0.2) is 18.3 Å². The van der Waals surface area contributed by atoms with E-state index >= 15 is 0 Å². The molecule has 2 amide bonds. The van der Waals surface area contributed by atoms with Crippen LogP contribution in [-0.2, 0) is 6.54 Å². The number of carbonyl (C=O) groups is 2. The molecule has 1 aliphatic heterocycles. The molecule has 2 N–H and O–H groups in total. The molecule has 6 heteroatoms. The van der Waals surface area contributed by atoms with Crippen LogP contribution in [0, 0.1) is 5.92 Å². The molecule has 2 rings (SSSR count). The van der Waals surface area contributed by atoms with Crippen molar-refractivity contribution in [1.82, 2.24) is 15.2 Å². The van der Waals surface area contributed by atoms with Crippen molar-refractivity contribution in [3.05, 3.63) is 29.6 Å². The average molecular weight is 277 g/mol. The number of amides is 2. The molecule has 108 valence electrons. The first-order chi connectivity index (χ1) is 9.60. The van der Waals surface area contributed by atoms with Gasteiger partial charge >= 0.3 is 12.0 Å². The van der Waals surface area contributed by atoms with Crippen molar-refractivity contribution in [2.45, 2.75) is 26.3 Å². The summed E-state index contributed by atoms with van der Waals surface area (Å²) in [5.74, 6) is -0.444. The standard InChI is InChI=1S/C14H19N3O3/c1-2-10-5-6-17(9-10)14(20)16-8-11-3-4-12(13(18)19)15-7-11/h3-4,7,10H,2,5-6,8-9H2,1H3,(H,16,20)(H,18,19). The van der Waals surface area contributed by atoms with Gasteiger partial charge in [0.2, 0.25) is 0 Å². The maximum absolute atomic E-state index is 12.0. The lowest BCUT2D eigenvalue weighted by atomic mass is 10.1. The first-order valence-corrected chi connectivity index (χ1v) is 6.81. The Labute approximate surface area is 117 Å². The second-order valence-electron chi connectivity index (χ2n) is 5.02. The van der Waals surface area contributed by atoms with Gasteiger partial charge in [0.15, 0.2) is 0 Å². The van der Waals surface area contributed by atoms with Gasteiger partial charge in [-0.2, -0.15) is 0 Å². The van der Waals surface area contributed by atoms with Gasteiger partial charge in [0.05, 0.1) is 0 Å². The second kappa shape index (κ2) is 6.36. The molecule has 6 nitrogen and oxygen atoms in total. The van der Waals surface area contributed by atoms with Crippen LogP contribution in [-0.4, -0.2) is 40.1 Å². The number of nitrogens with one attached hydrogen (secondary N) is 1. The maximum Gasteiger partial charge on any atom is 0.354 e. The molecule has 2 heterocycles. The molecule has 0 aromatic carbocycles. The van der Waals surface area contributed by atoms with Crippen LogP contribution in [0.3, 0.4) is 0 Å². The smallest absolute Gasteiger partial charge is 0.354 e. The van der Waals surface area contributed by atoms with Gasteiger partial charge in [-0.1, -0.05) is 19.4 Å². The predicted octanol–water partition coefficient (Wildman–Crippen LogP) is 1.72. The third kappa shape index (κ3) is 3.46. The molecular formula is C14H19N3O3. The monoisotopic (exact) mass is 277 g/mol. The summed E-state index contributed by atoms with van der Waals surface area (Å²) in [4.78, 5) is 28.3. The average Bonchev–Trinajstić information content (AvgIpc) is 2.94. The Bertz CT molecular complexity index is 487. The molecule has 0 aliphatic carbocycles. The molecule has 1 aromatic heterocycles. The number of likely N-dealkylation sites (tertiary alicyclic amines) is 1. The summed E-state index contributed by atoms with van der Waals surface area (Å²) in [6.45, 7) is 4.12. The van der Waals surface area contributed by atoms with Gasteiger partial charge in [-0.25, -0.2) is 14.6 Å². The van der Waals surface area contributed by atoms with Gasteiger partial charge in [-0.3, -0.25) is 0 Å². The summed E-state index contributed by atoms with van der Waals surface area (Å²) < 4.78 is 0. The van der Waals surface area contributed by atoms with E-state index in [4.69, 9.17) is 5.11 Å². The lowest BCUT2D eigenvalue weighted by Crippen LogP contribution is -2.38. The van der Waals surface area contributed by atoms with E-state index in [0.717, 1.165) is 31.5 Å². The summed E-state index contributed by atoms with van der Waals surface area (Å²) in [7, 11) is 0. The molecule has 0 radical (unpaired) electrons. The highest BCUT2D eigenvalue weighted by molar-refractivity contribution is 5.85. The topological polar surface area (TPSA) is 82.5 Å². The highest BCUT2D eigenvalue weighted by Gasteiger charge is 2.24. The Morgan fingerprint density at radius 3 is 2.85 bits per heavy atom. The Morgan fingerprint density at radius 1 is 1.50 bits per heavy atom. The van der Waals surface area contributed by atoms with Gasteiger partial charge in [0.25, 0.3) is 0 Å². The third-order valence-corrected chi connectivity index (χ3v) is 3.64. The number of urea groups is 1. The van der Waals surface area contributed by atoms with Crippen LogP contribution in [0.4, 0.5) is 4.79 Å². The van der Waals surface area contributed by atoms with E-state index in [0.29, 0.717) is 12.5 Å². The minimum absolute atomic E-state index is 0.00501. The molecule has 1 saturated heterocycles. The van der Waals surface area contributed by atoms with Gasteiger partial charge < -0.3 is 15.3 Å². The predicted molar refractivity (Wildman–Crippen MR) is 73.4 cm³/mol. The zero-order valence-electron chi connectivity index (χ0n) is 11.5. The number of rotatable bonds is 4. The van der Waals surface area contributed by atoms with Crippen molar-refractivity contribution in [3.8, 4) is 0 Å². The number of carboxylic acid groups (broad SMARTS) is 1. The van der Waals surface area contributed by atoms with Crippen molar-refractivity contribution in [3.63, 3.8) is 0 Å². The number of hydrogen-bond donors (Lipinski definition) is 2. The molecular weight excluding hydrogens is 258 g/mol. The van der Waals surface area contributed by atoms with E-state index in [2.05, 4.69) is 17.2 Å². The van der Waals surface area contributed by atoms with E-state index in [-0.39, 0.29) is 11.7 Å². The molecule has 0 spiro atoms. The van der Waals surface area contributed by atoms with Crippen LogP contribution in [0.1, 0.15) is 35.8 Å². The second-order valence-corrected chi connectivity index (χ2v) is 5.02. The lowest BCUT2D eigenvalue weighted by Gasteiger charge is -2.17. The highest BCUT2D eigenvalue weighted by Crippen LogP contribution is 2.18. The molecule has 0 bridgehead atoms. The Kier molecular flexibility index (Phi) is 4.55. The van der Waals surface area contributed by atoms with Crippen molar-refractivity contribution in [2.75, 3.05) is 13.1 Å². The number of carbonyl (C=O) groups excluding carboxylic acids is 1. The van der Waals surface area contributed by atoms with Crippen LogP contribution >= 0.6 is 0 Å². The number of aromatic nitrogens is 1. The van der Waals surface area contributed by atoms with E-state index < -0.39 is 5.97 Å². The van der Waals surface area contributed by atoms with E-state index in [1.54, 1.807) is 6.07 Å². The molecule has 0 saturated carbocycles. The summed E-state index contributed by atoms with van der Waals surface area (Å²) in [5, 5.41) is 11.6. The van der Waals surface area contributed by atoms with Crippen LogP contribution in [0.25, 0.3) is 0 Å². The fourth-order valence-electron chi connectivity index (χ4n) is 2.30. The normalized spacial score (nSPS) is 18.1. The molecule has 1 aliphatic rings. The van der Waals surface area contributed by atoms with E-state index in [9.17, 15) is 9.59 Å². The first-order valence-electron chi connectivity index (χ1n) is 6.81. The SMILES string of the molecule is CCC1CCN(C(=O)NCc2ccc(C(=O)O)nc2)C1. The lowest BCUT2D eigenvalue weighted by molar-refractivity contribution is 0.0690. The van der Waals surface area contributed by atoms with Gasteiger partial charge in [0.1, 0.15) is 5.69 Å². The van der Waals surface area contributed by atoms with E-state index in [1.807, 2.05) is 4.90 Å². The number of carboxylic acids is 1. The van der Waals surface area contributed by atoms with Crippen molar-refractivity contribution >= 4 is 12.0 Å². The number of hydrogen-bond acceptors (Lipinski definition) is 3. The van der Waals surface area contributed by atoms with Gasteiger partial charge in [-0.05, 0) is 24.0 Å². The van der Waals surface area contributed by atoms with Gasteiger partial charge in [0, 0.05) is 25.8 Å². The Morgan fingerprint density at radius 2 is 2.30 bits per heavy atom. The summed E-state index contributed by atoms with van der Waals surface area (Å²) in [6.07, 6.45) is 3.64. The molecule has 1 atom stereocenters. The minimum atomic E-state index is -1.05. The quantitative estimate of drug-likeness (QED) is 0.878. The zero-order valence-corrected chi connectivity index (χ0v) is 11.5. The Balaban J connectivity index is 1.83. The van der Waals surface area contributed by atoms with Crippen molar-refractivity contribution < 1.29 is 14.7 Å². The largest absolute Gasteiger partial charge is 0.477 e. The molecule has 1 fully saturated rings. The molecule has 20 heavy (non-hydrogen) atoms. The first kappa shape index (κ1) is 14.3. The highest BCUT2D eigenvalue weighted by atomic mass is 16.4. The number of nitrogens with zero attached hydrogens (tertiary/aromatic N) is 2. The molecule has 1 unspecified atom stereocenters. The minimum Gasteiger partial charge on any atom is -0.477 e. The third-order valence-electron chi connectivity index (χ3n) is 3.64. The Hall–Kier alpha value is -2.11. The fourth-order valence-corrected chi connectivity index (χ4v) is 2.30. The van der Waals surface area contributed by atoms with Gasteiger partial charge in [-0.15, -0.1) is 0 Å². The summed E-state index contributed by atoms with van der Waals surface area (Å²) >= 11 is 0. The summed E-state index contributed by atoms with van der Waals surface area (Å²) in [5.41, 5.74) is 0.792. The summed E-state index contributed by atoms with van der Waals surface area (Å²) in [6, 6.07) is 3.03. The van der Waals surface area contributed by atoms with Crippen LogP contribution in [0.5, 0.6) is 0 Å². The zero-order chi connectivity index (χ0) is 14.5. The van der Waals surface area contributed by atoms with Crippen LogP contribution < -0.4 is 5.32 Å². The number of pyridine rings is 1. The van der Waals surface area contributed by atoms with Crippen molar-refractivity contribution in [1.29, 1.82) is 0 Å². The maximum atomic E-state index is 12.0. The van der Waals surface area contributed by atoms with Crippen LogP contribution in [0.2, 0.25) is 0 Å². The van der Waals surface area contributed by atoms with E-state index in [1.165, 1.54) is 12.3 Å². The number of aromatic carboxylic acids is 1. The fraction of sp³-hybridized carbons (Fsp3) is 0.500. The molecule has 1 aromatic rings.